The van der Waals surface area contributed by atoms with Gasteiger partial charge in [-0.3, -0.25) is 24.0 Å². The van der Waals surface area contributed by atoms with Crippen molar-refractivity contribution in [1.29, 1.82) is 0 Å². The zero-order valence-corrected chi connectivity index (χ0v) is 34.1. The number of ether oxygens (including phenoxy) is 2. The van der Waals surface area contributed by atoms with Gasteiger partial charge in [0.05, 0.1) is 18.9 Å². The third-order valence-corrected chi connectivity index (χ3v) is 13.5. The molecule has 318 valence electrons. The molecule has 58 heavy (non-hydrogen) atoms. The van der Waals surface area contributed by atoms with Gasteiger partial charge in [-0.2, -0.15) is 18.2 Å². The van der Waals surface area contributed by atoms with Crippen LogP contribution in [0.2, 0.25) is 0 Å². The summed E-state index contributed by atoms with van der Waals surface area (Å²) in [6, 6.07) is 1.08. The first-order chi connectivity index (χ1) is 27.2. The van der Waals surface area contributed by atoms with Gasteiger partial charge in [-0.1, -0.05) is 26.0 Å². The van der Waals surface area contributed by atoms with Crippen LogP contribution in [0, 0.1) is 17.8 Å². The van der Waals surface area contributed by atoms with Crippen molar-refractivity contribution in [2.45, 2.75) is 107 Å². The monoisotopic (exact) mass is 836 g/mol. The van der Waals surface area contributed by atoms with E-state index in [0.29, 0.717) is 54.9 Å². The predicted octanol–water partition coefficient (Wildman–Crippen LogP) is 4.45. The van der Waals surface area contributed by atoms with Crippen LogP contribution in [-0.4, -0.2) is 121 Å². The molecule has 0 unspecified atom stereocenters. The maximum Gasteiger partial charge on any atom is 0.408 e. The van der Waals surface area contributed by atoms with E-state index in [1.165, 1.54) is 14.0 Å². The number of pyridine rings is 1. The Bertz CT molecular complexity index is 2080. The number of nitrogens with one attached hydrogen (secondary N) is 2. The van der Waals surface area contributed by atoms with E-state index < -0.39 is 86.9 Å². The Morgan fingerprint density at radius 1 is 1.12 bits per heavy atom. The molecular weight excluding hydrogens is 786 g/mol. The number of methoxy groups -OCH3 is 1. The Hall–Kier alpha value is -4.81. The highest BCUT2D eigenvalue weighted by molar-refractivity contribution is 7.91. The summed E-state index contributed by atoms with van der Waals surface area (Å²) in [5.74, 6) is -3.36. The molecule has 3 fully saturated rings. The average Bonchev–Trinajstić information content (AvgIpc) is 4.07. The molecule has 6 rings (SSSR count). The Morgan fingerprint density at radius 3 is 2.45 bits per heavy atom. The molecular formula is C39H51F3N6O9S. The number of hydrogen-bond acceptors (Lipinski definition) is 10. The number of benzene rings is 1. The van der Waals surface area contributed by atoms with E-state index in [9.17, 15) is 45.9 Å². The van der Waals surface area contributed by atoms with Crippen molar-refractivity contribution >= 4 is 50.4 Å². The number of hydrogen-bond donors (Lipinski definition) is 3. The number of halogens is 3. The molecule has 3 heterocycles. The van der Waals surface area contributed by atoms with Crippen molar-refractivity contribution in [3.8, 4) is 11.6 Å². The number of alkyl halides is 3. The minimum atomic E-state index is -5.03. The van der Waals surface area contributed by atoms with Crippen molar-refractivity contribution in [3.05, 3.63) is 36.4 Å². The molecule has 2 aromatic rings. The molecule has 2 saturated carbocycles. The molecule has 4 amide bonds. The molecule has 0 bridgehead atoms. The van der Waals surface area contributed by atoms with E-state index in [1.54, 1.807) is 49.3 Å². The SMILES string of the molecule is COc1ccc2c(O[C@@H]3C[C@H]4C(=O)N[C@]5(C(=O)NS(=O)(=O)C6CC6)C[C@H]5/C=C\CC[C@H](C)C[C@@H](C)[C@H](N(C(=O)O)[C@H](C)C(F)(F)F)C(=O)N4C3)nc(N(C)C)cc2c1. The Labute approximate surface area is 335 Å². The van der Waals surface area contributed by atoms with Gasteiger partial charge in [0.15, 0.2) is 0 Å². The Kier molecular flexibility index (Phi) is 11.9. The molecule has 1 saturated heterocycles. The lowest BCUT2D eigenvalue weighted by Crippen LogP contribution is -2.62. The molecule has 0 spiro atoms. The van der Waals surface area contributed by atoms with Crippen molar-refractivity contribution in [2.75, 3.05) is 32.6 Å². The van der Waals surface area contributed by atoms with Crippen LogP contribution in [0.3, 0.4) is 0 Å². The second-order valence-electron chi connectivity index (χ2n) is 16.4. The summed E-state index contributed by atoms with van der Waals surface area (Å²) in [6.45, 7) is 3.69. The number of anilines is 1. The van der Waals surface area contributed by atoms with Crippen molar-refractivity contribution in [1.82, 2.24) is 24.8 Å². The van der Waals surface area contributed by atoms with Gasteiger partial charge in [-0.15, -0.1) is 0 Å². The van der Waals surface area contributed by atoms with Gasteiger partial charge in [0.25, 0.3) is 5.91 Å². The molecule has 4 aliphatic rings. The van der Waals surface area contributed by atoms with E-state index in [0.717, 1.165) is 4.90 Å². The van der Waals surface area contributed by atoms with E-state index in [2.05, 4.69) is 15.0 Å². The number of amides is 4. The maximum atomic E-state index is 14.9. The standard InChI is InChI=1S/C39H51F3N6O9S/c1-21-9-7-8-10-25-19-38(25,36(51)45-58(54,55)28-12-13-28)44-33(49)30-18-27(57-34-29-14-11-26(56-6)16-24(29)17-31(43-34)46(4)5)20-47(30)35(50)32(22(2)15-21)48(37(52)53)23(3)39(40,41)42/h8,10-11,14,16-17,21-23,25,27-28,30,32H,7,9,12-13,15,18-20H2,1-6H3,(H,44,49)(H,45,51)(H,52,53)/b10-8-/t21-,22+,23+,25+,27+,30-,32-,38+/m0/s1. The molecule has 1 aromatic heterocycles. The first-order valence-corrected chi connectivity index (χ1v) is 21.0. The summed E-state index contributed by atoms with van der Waals surface area (Å²) in [5, 5.41) is 13.6. The quantitative estimate of drug-likeness (QED) is 0.303. The molecule has 8 atom stereocenters. The van der Waals surface area contributed by atoms with Crippen LogP contribution >= 0.6 is 0 Å². The summed E-state index contributed by atoms with van der Waals surface area (Å²) in [7, 11) is 1.04. The Morgan fingerprint density at radius 2 is 1.83 bits per heavy atom. The lowest BCUT2D eigenvalue weighted by Gasteiger charge is -2.40. The van der Waals surface area contributed by atoms with E-state index in [4.69, 9.17) is 9.47 Å². The number of carboxylic acid groups (broad SMARTS) is 1. The number of rotatable bonds is 9. The van der Waals surface area contributed by atoms with Crippen LogP contribution in [0.4, 0.5) is 23.8 Å². The molecule has 2 aliphatic heterocycles. The van der Waals surface area contributed by atoms with Crippen LogP contribution in [0.1, 0.15) is 65.7 Å². The number of allylic oxidation sites excluding steroid dienone is 1. The zero-order chi connectivity index (χ0) is 42.5. The fourth-order valence-corrected chi connectivity index (χ4v) is 9.51. The van der Waals surface area contributed by atoms with Crippen LogP contribution < -0.4 is 24.4 Å². The second kappa shape index (κ2) is 16.1. The summed E-state index contributed by atoms with van der Waals surface area (Å²) in [4.78, 5) is 63.6. The summed E-state index contributed by atoms with van der Waals surface area (Å²) >= 11 is 0. The fraction of sp³-hybridized carbons (Fsp3) is 0.615. The highest BCUT2D eigenvalue weighted by Gasteiger charge is 2.62. The largest absolute Gasteiger partial charge is 0.497 e. The van der Waals surface area contributed by atoms with Crippen LogP contribution in [-0.2, 0) is 24.4 Å². The number of nitrogens with zero attached hydrogens (tertiary/aromatic N) is 4. The summed E-state index contributed by atoms with van der Waals surface area (Å²) < 4.78 is 82.8. The van der Waals surface area contributed by atoms with Gasteiger partial charge in [0, 0.05) is 31.8 Å². The number of carbonyl (C=O) groups is 4. The minimum Gasteiger partial charge on any atom is -0.497 e. The lowest BCUT2D eigenvalue weighted by molar-refractivity contribution is -0.184. The maximum absolute atomic E-state index is 14.9. The van der Waals surface area contributed by atoms with Crippen LogP contribution in [0.25, 0.3) is 10.8 Å². The highest BCUT2D eigenvalue weighted by atomic mass is 32.2. The predicted molar refractivity (Wildman–Crippen MR) is 207 cm³/mol. The van der Waals surface area contributed by atoms with Gasteiger partial charge in [0.1, 0.15) is 41.3 Å². The fourth-order valence-electron chi connectivity index (χ4n) is 8.15. The molecule has 0 radical (unpaired) electrons. The third kappa shape index (κ3) is 8.78. The highest BCUT2D eigenvalue weighted by Crippen LogP contribution is 2.46. The third-order valence-electron chi connectivity index (χ3n) is 11.7. The molecule has 1 aromatic carbocycles. The van der Waals surface area contributed by atoms with E-state index in [1.807, 2.05) is 13.0 Å². The molecule has 19 heteroatoms. The normalized spacial score (nSPS) is 29.2. The summed E-state index contributed by atoms with van der Waals surface area (Å²) in [5.41, 5.74) is -1.70. The van der Waals surface area contributed by atoms with Gasteiger partial charge in [0.2, 0.25) is 27.7 Å². The number of carbonyl (C=O) groups excluding carboxylic acids is 3. The van der Waals surface area contributed by atoms with Crippen molar-refractivity contribution in [2.24, 2.45) is 17.8 Å². The molecule has 2 aliphatic carbocycles. The van der Waals surface area contributed by atoms with E-state index >= 15 is 0 Å². The summed E-state index contributed by atoms with van der Waals surface area (Å²) in [6.07, 6.45) is -2.67. The number of sulfonamides is 1. The van der Waals surface area contributed by atoms with Gasteiger partial charge >= 0.3 is 12.3 Å². The second-order valence-corrected chi connectivity index (χ2v) is 18.3. The number of aromatic nitrogens is 1. The van der Waals surface area contributed by atoms with Crippen LogP contribution in [0.5, 0.6) is 11.6 Å². The first-order valence-electron chi connectivity index (χ1n) is 19.4. The van der Waals surface area contributed by atoms with Gasteiger partial charge in [-0.05, 0) is 86.9 Å². The van der Waals surface area contributed by atoms with E-state index in [-0.39, 0.29) is 42.5 Å². The topological polar surface area (TPSA) is 188 Å². The Balaban J connectivity index is 1.43. The lowest BCUT2D eigenvalue weighted by atomic mass is 9.86. The minimum absolute atomic E-state index is 0.0592. The molecule has 3 N–H and O–H groups in total. The zero-order valence-electron chi connectivity index (χ0n) is 33.3. The first kappa shape index (κ1) is 42.8. The van der Waals surface area contributed by atoms with Gasteiger partial charge in [-0.25, -0.2) is 13.2 Å². The van der Waals surface area contributed by atoms with Gasteiger partial charge < -0.3 is 29.7 Å². The van der Waals surface area contributed by atoms with Crippen molar-refractivity contribution < 1.29 is 55.3 Å². The smallest absolute Gasteiger partial charge is 0.408 e. The average molecular weight is 837 g/mol. The molecule has 15 nitrogen and oxygen atoms in total. The number of fused-ring (bicyclic) bond motifs is 3. The van der Waals surface area contributed by atoms with Crippen molar-refractivity contribution in [3.63, 3.8) is 0 Å². The van der Waals surface area contributed by atoms with Crippen LogP contribution in [0.15, 0.2) is 36.4 Å².